The summed E-state index contributed by atoms with van der Waals surface area (Å²) < 4.78 is 38.8. The minimum atomic E-state index is -3.59. The monoisotopic (exact) mass is 362 g/mol. The van der Waals surface area contributed by atoms with Crippen LogP contribution in [0.15, 0.2) is 59.5 Å². The van der Waals surface area contributed by atoms with Crippen LogP contribution in [0.25, 0.3) is 6.08 Å². The zero-order valence-electron chi connectivity index (χ0n) is 13.9. The molecule has 2 aromatic rings. The second-order valence-corrected chi connectivity index (χ2v) is 7.62. The molecule has 0 spiro atoms. The Morgan fingerprint density at radius 1 is 1.16 bits per heavy atom. The minimum absolute atomic E-state index is 0.0650. The average Bonchev–Trinajstić information content (AvgIpc) is 2.58. The molecule has 1 N–H and O–H groups in total. The molecule has 0 fully saturated rings. The Labute approximate surface area is 146 Å². The largest absolute Gasteiger partial charge is 0.348 e. The molecule has 2 rings (SSSR count). The van der Waals surface area contributed by atoms with Gasteiger partial charge in [0.2, 0.25) is 15.9 Å². The number of carbonyl (C=O) groups excluding carboxylic acids is 1. The lowest BCUT2D eigenvalue weighted by molar-refractivity contribution is -0.116. The summed E-state index contributed by atoms with van der Waals surface area (Å²) >= 11 is 0. The highest BCUT2D eigenvalue weighted by Gasteiger charge is 2.20. The van der Waals surface area contributed by atoms with E-state index in [1.165, 1.54) is 44.4 Å². The second kappa shape index (κ2) is 8.04. The summed E-state index contributed by atoms with van der Waals surface area (Å²) in [7, 11) is -0.691. The standard InChI is InChI=1S/C18H19FN2O3S/c1-21(2)25(23,24)17-9-4-3-7-15(17)13-20-18(22)11-10-14-6-5-8-16(19)12-14/h3-12H,13H2,1-2H3,(H,20,22). The van der Waals surface area contributed by atoms with E-state index in [0.29, 0.717) is 11.1 Å². The molecule has 0 heterocycles. The van der Waals surface area contributed by atoms with Gasteiger partial charge in [-0.05, 0) is 35.4 Å². The van der Waals surface area contributed by atoms with E-state index in [1.54, 1.807) is 30.3 Å². The van der Waals surface area contributed by atoms with E-state index in [4.69, 9.17) is 0 Å². The van der Waals surface area contributed by atoms with Crippen LogP contribution >= 0.6 is 0 Å². The normalized spacial score (nSPS) is 11.8. The third-order valence-corrected chi connectivity index (χ3v) is 5.38. The summed E-state index contributed by atoms with van der Waals surface area (Å²) in [5, 5.41) is 2.63. The molecule has 0 aliphatic carbocycles. The summed E-state index contributed by atoms with van der Waals surface area (Å²) in [5.41, 5.74) is 1.05. The van der Waals surface area contributed by atoms with E-state index >= 15 is 0 Å². The molecule has 2 aromatic carbocycles. The maximum atomic E-state index is 13.1. The quantitative estimate of drug-likeness (QED) is 0.803. The first-order valence-electron chi connectivity index (χ1n) is 7.52. The fourth-order valence-electron chi connectivity index (χ4n) is 2.12. The molecule has 0 unspecified atom stereocenters. The van der Waals surface area contributed by atoms with Crippen molar-refractivity contribution in [1.82, 2.24) is 9.62 Å². The molecule has 5 nitrogen and oxygen atoms in total. The molecule has 1 amide bonds. The van der Waals surface area contributed by atoms with Gasteiger partial charge in [-0.3, -0.25) is 4.79 Å². The van der Waals surface area contributed by atoms with E-state index in [2.05, 4.69) is 5.32 Å². The van der Waals surface area contributed by atoms with Crippen molar-refractivity contribution in [2.75, 3.05) is 14.1 Å². The summed E-state index contributed by atoms with van der Waals surface area (Å²) in [6, 6.07) is 12.3. The fraction of sp³-hybridized carbons (Fsp3) is 0.167. The molecule has 132 valence electrons. The van der Waals surface area contributed by atoms with Crippen LogP contribution in [0.2, 0.25) is 0 Å². The molecule has 0 atom stereocenters. The lowest BCUT2D eigenvalue weighted by Crippen LogP contribution is -2.26. The van der Waals surface area contributed by atoms with Gasteiger partial charge in [-0.1, -0.05) is 30.3 Å². The van der Waals surface area contributed by atoms with Crippen molar-refractivity contribution in [3.8, 4) is 0 Å². The number of amides is 1. The van der Waals surface area contributed by atoms with Crippen LogP contribution in [0.1, 0.15) is 11.1 Å². The third-order valence-electron chi connectivity index (χ3n) is 3.46. The molecule has 0 bridgehead atoms. The lowest BCUT2D eigenvalue weighted by Gasteiger charge is -2.15. The van der Waals surface area contributed by atoms with Crippen molar-refractivity contribution in [3.63, 3.8) is 0 Å². The molecule has 0 saturated heterocycles. The third kappa shape index (κ3) is 4.98. The van der Waals surface area contributed by atoms with Crippen molar-refractivity contribution in [2.24, 2.45) is 0 Å². The van der Waals surface area contributed by atoms with Gasteiger partial charge in [0, 0.05) is 26.7 Å². The smallest absolute Gasteiger partial charge is 0.244 e. The Morgan fingerprint density at radius 3 is 2.56 bits per heavy atom. The van der Waals surface area contributed by atoms with Crippen LogP contribution in [0.4, 0.5) is 4.39 Å². The first kappa shape index (κ1) is 18.8. The predicted octanol–water partition coefficient (Wildman–Crippen LogP) is 2.41. The second-order valence-electron chi connectivity index (χ2n) is 5.50. The van der Waals surface area contributed by atoms with E-state index < -0.39 is 15.9 Å². The molecule has 0 aliphatic rings. The molecule has 7 heteroatoms. The molecular formula is C18H19FN2O3S. The van der Waals surface area contributed by atoms with Crippen molar-refractivity contribution in [1.29, 1.82) is 0 Å². The molecule has 25 heavy (non-hydrogen) atoms. The van der Waals surface area contributed by atoms with Crippen LogP contribution in [-0.4, -0.2) is 32.7 Å². The maximum Gasteiger partial charge on any atom is 0.244 e. The first-order valence-corrected chi connectivity index (χ1v) is 8.96. The highest BCUT2D eigenvalue weighted by atomic mass is 32.2. The number of benzene rings is 2. The molecule has 0 aromatic heterocycles. The van der Waals surface area contributed by atoms with E-state index in [9.17, 15) is 17.6 Å². The molecule has 0 radical (unpaired) electrons. The summed E-state index contributed by atoms with van der Waals surface area (Å²) in [5.74, 6) is -0.785. The van der Waals surface area contributed by atoms with Crippen LogP contribution in [-0.2, 0) is 21.4 Å². The lowest BCUT2D eigenvalue weighted by atomic mass is 10.2. The molecular weight excluding hydrogens is 343 g/mol. The van der Waals surface area contributed by atoms with Gasteiger partial charge >= 0.3 is 0 Å². The number of nitrogens with zero attached hydrogens (tertiary/aromatic N) is 1. The van der Waals surface area contributed by atoms with Gasteiger partial charge in [-0.15, -0.1) is 0 Å². The average molecular weight is 362 g/mol. The van der Waals surface area contributed by atoms with Crippen LogP contribution in [0.5, 0.6) is 0 Å². The van der Waals surface area contributed by atoms with Gasteiger partial charge in [0.1, 0.15) is 5.82 Å². The number of rotatable bonds is 6. The number of hydrogen-bond acceptors (Lipinski definition) is 3. The Morgan fingerprint density at radius 2 is 1.88 bits per heavy atom. The van der Waals surface area contributed by atoms with E-state index in [0.717, 1.165) is 4.31 Å². The Bertz CT molecular complexity index is 893. The van der Waals surface area contributed by atoms with Crippen LogP contribution < -0.4 is 5.32 Å². The Kier molecular flexibility index (Phi) is 6.06. The number of hydrogen-bond donors (Lipinski definition) is 1. The highest BCUT2D eigenvalue weighted by Crippen LogP contribution is 2.18. The zero-order valence-corrected chi connectivity index (χ0v) is 14.8. The van der Waals surface area contributed by atoms with Gasteiger partial charge in [0.05, 0.1) is 4.90 Å². The van der Waals surface area contributed by atoms with E-state index in [1.807, 2.05) is 0 Å². The van der Waals surface area contributed by atoms with Crippen molar-refractivity contribution >= 4 is 22.0 Å². The van der Waals surface area contributed by atoms with Crippen LogP contribution in [0.3, 0.4) is 0 Å². The number of halogens is 1. The van der Waals surface area contributed by atoms with Crippen molar-refractivity contribution in [2.45, 2.75) is 11.4 Å². The van der Waals surface area contributed by atoms with Gasteiger partial charge < -0.3 is 5.32 Å². The fourth-order valence-corrected chi connectivity index (χ4v) is 3.24. The Hall–Kier alpha value is -2.51. The highest BCUT2D eigenvalue weighted by molar-refractivity contribution is 7.89. The van der Waals surface area contributed by atoms with Gasteiger partial charge in [0.25, 0.3) is 0 Å². The first-order chi connectivity index (χ1) is 11.8. The minimum Gasteiger partial charge on any atom is -0.348 e. The summed E-state index contributed by atoms with van der Waals surface area (Å²) in [6.07, 6.45) is 2.76. The van der Waals surface area contributed by atoms with Gasteiger partial charge in [-0.25, -0.2) is 17.1 Å². The zero-order chi connectivity index (χ0) is 18.4. The topological polar surface area (TPSA) is 66.5 Å². The van der Waals surface area contributed by atoms with E-state index in [-0.39, 0.29) is 17.3 Å². The van der Waals surface area contributed by atoms with Crippen molar-refractivity contribution in [3.05, 3.63) is 71.6 Å². The van der Waals surface area contributed by atoms with Gasteiger partial charge in [0.15, 0.2) is 0 Å². The number of carbonyl (C=O) groups is 1. The van der Waals surface area contributed by atoms with Gasteiger partial charge in [-0.2, -0.15) is 0 Å². The SMILES string of the molecule is CN(C)S(=O)(=O)c1ccccc1CNC(=O)C=Cc1cccc(F)c1. The van der Waals surface area contributed by atoms with Crippen molar-refractivity contribution < 1.29 is 17.6 Å². The Balaban J connectivity index is 2.08. The predicted molar refractivity (Wildman–Crippen MR) is 94.6 cm³/mol. The summed E-state index contributed by atoms with van der Waals surface area (Å²) in [4.78, 5) is 12.1. The summed E-state index contributed by atoms with van der Waals surface area (Å²) in [6.45, 7) is 0.0650. The number of nitrogens with one attached hydrogen (secondary N) is 1. The molecule has 0 aliphatic heterocycles. The molecule has 0 saturated carbocycles. The van der Waals surface area contributed by atoms with Crippen LogP contribution in [0, 0.1) is 5.82 Å². The number of sulfonamides is 1. The maximum absolute atomic E-state index is 13.1.